The molecule has 0 aliphatic rings. The Morgan fingerprint density at radius 2 is 2.00 bits per heavy atom. The van der Waals surface area contributed by atoms with Gasteiger partial charge in [-0.15, -0.1) is 6.07 Å². The number of rotatable bonds is 0. The second-order valence-corrected chi connectivity index (χ2v) is 2.66. The molecule has 0 amide bonds. The summed E-state index contributed by atoms with van der Waals surface area (Å²) in [6, 6.07) is 9.40. The number of nitrogens with zero attached hydrogens (tertiary/aromatic N) is 1. The Labute approximate surface area is 90.0 Å². The Kier molecular flexibility index (Phi) is 3.25. The van der Waals surface area contributed by atoms with Crippen LogP contribution in [0.5, 0.6) is 0 Å². The van der Waals surface area contributed by atoms with E-state index in [1.807, 2.05) is 24.3 Å². The van der Waals surface area contributed by atoms with Gasteiger partial charge in [-0.05, 0) is 5.52 Å². The first-order chi connectivity index (χ1) is 5.38. The molecule has 0 N–H and O–H groups in total. The van der Waals surface area contributed by atoms with Gasteiger partial charge < -0.3 is 4.98 Å². The number of para-hydroxylation sites is 1. The summed E-state index contributed by atoms with van der Waals surface area (Å²) in [5.41, 5.74) is 0.889. The van der Waals surface area contributed by atoms with Crippen molar-refractivity contribution in [2.45, 2.75) is 0 Å². The number of hydrogen-bond donors (Lipinski definition) is 0. The van der Waals surface area contributed by atoms with E-state index in [2.05, 4.69) is 11.2 Å². The van der Waals surface area contributed by atoms with Crippen LogP contribution in [-0.4, -0.2) is 4.98 Å². The monoisotopic (exact) mass is 346 g/mol. The van der Waals surface area contributed by atoms with Crippen molar-refractivity contribution in [3.8, 4) is 0 Å². The van der Waals surface area contributed by atoms with Crippen molar-refractivity contribution in [2.24, 2.45) is 0 Å². The van der Waals surface area contributed by atoms with E-state index >= 15 is 0 Å². The molecule has 0 bridgehead atoms. The molecular weight excluding hydrogens is 341 g/mol. The van der Waals surface area contributed by atoms with Crippen LogP contribution in [0.2, 0.25) is 5.02 Å². The summed E-state index contributed by atoms with van der Waals surface area (Å²) in [6.45, 7) is 0. The fourth-order valence-electron chi connectivity index (χ4n) is 1.01. The van der Waals surface area contributed by atoms with E-state index in [1.54, 1.807) is 6.07 Å². The van der Waals surface area contributed by atoms with Gasteiger partial charge in [0.2, 0.25) is 0 Å². The maximum Gasteiger partial charge on any atom is 0 e. The van der Waals surface area contributed by atoms with Crippen LogP contribution in [0.15, 0.2) is 30.3 Å². The molecule has 0 saturated carbocycles. The zero-order valence-corrected chi connectivity index (χ0v) is 9.81. The van der Waals surface area contributed by atoms with Gasteiger partial charge in [0.1, 0.15) is 0 Å². The minimum atomic E-state index is 0. The maximum absolute atomic E-state index is 5.89. The Bertz CT molecular complexity index is 384. The topological polar surface area (TPSA) is 12.9 Å². The van der Waals surface area contributed by atoms with Crippen molar-refractivity contribution in [2.75, 3.05) is 0 Å². The Hall–Kier alpha value is -0.392. The van der Waals surface area contributed by atoms with E-state index in [-0.39, 0.29) is 21.1 Å². The van der Waals surface area contributed by atoms with Gasteiger partial charge in [0.15, 0.2) is 0 Å². The van der Waals surface area contributed by atoms with Gasteiger partial charge >= 0.3 is 0 Å². The van der Waals surface area contributed by atoms with Gasteiger partial charge in [-0.25, -0.2) is 0 Å². The molecule has 60 valence electrons. The first kappa shape index (κ1) is 9.69. The third-order valence-corrected chi connectivity index (χ3v) is 1.85. The van der Waals surface area contributed by atoms with Crippen LogP contribution in [0, 0.1) is 6.20 Å². The molecule has 0 spiro atoms. The summed E-state index contributed by atoms with van der Waals surface area (Å²) in [5, 5.41) is 1.68. The molecule has 0 aliphatic heterocycles. The molecule has 1 nitrogen and oxygen atoms in total. The van der Waals surface area contributed by atoms with E-state index in [1.165, 1.54) is 0 Å². The summed E-state index contributed by atoms with van der Waals surface area (Å²) in [4.78, 5) is 4.03. The van der Waals surface area contributed by atoms with Crippen molar-refractivity contribution >= 4 is 22.5 Å². The van der Waals surface area contributed by atoms with E-state index in [9.17, 15) is 0 Å². The van der Waals surface area contributed by atoms with Crippen LogP contribution in [0.25, 0.3) is 10.9 Å². The number of halogens is 1. The zero-order chi connectivity index (χ0) is 7.68. The molecular formula is C9H5ClNW-. The molecule has 1 aromatic heterocycles. The fraction of sp³-hybridized carbons (Fsp3) is 0. The predicted molar refractivity (Wildman–Crippen MR) is 45.6 cm³/mol. The predicted octanol–water partition coefficient (Wildman–Crippen LogP) is 2.69. The van der Waals surface area contributed by atoms with Gasteiger partial charge in [0.25, 0.3) is 0 Å². The molecule has 3 heteroatoms. The Morgan fingerprint density at radius 3 is 2.75 bits per heavy atom. The summed E-state index contributed by atoms with van der Waals surface area (Å²) in [6.07, 6.45) is 2.72. The molecule has 0 fully saturated rings. The summed E-state index contributed by atoms with van der Waals surface area (Å²) < 4.78 is 0. The van der Waals surface area contributed by atoms with Crippen molar-refractivity contribution in [3.63, 3.8) is 0 Å². The van der Waals surface area contributed by atoms with Gasteiger partial charge in [0.05, 0.1) is 0 Å². The zero-order valence-electron chi connectivity index (χ0n) is 6.12. The largest absolute Gasteiger partial charge is 0.386 e. The van der Waals surface area contributed by atoms with E-state index in [0.717, 1.165) is 10.9 Å². The molecule has 2 rings (SSSR count). The quantitative estimate of drug-likeness (QED) is 0.669. The third-order valence-electron chi connectivity index (χ3n) is 1.54. The molecule has 0 aliphatic carbocycles. The molecule has 2 aromatic rings. The Balaban J connectivity index is 0.000000720. The number of benzene rings is 1. The van der Waals surface area contributed by atoms with Crippen LogP contribution in [0.1, 0.15) is 0 Å². The smallest absolute Gasteiger partial charge is 0 e. The normalized spacial score (nSPS) is 9.42. The van der Waals surface area contributed by atoms with E-state index in [0.29, 0.717) is 5.02 Å². The minimum absolute atomic E-state index is 0. The van der Waals surface area contributed by atoms with Gasteiger partial charge in [0, 0.05) is 21.1 Å². The number of fused-ring (bicyclic) bond motifs is 1. The molecule has 12 heavy (non-hydrogen) atoms. The number of pyridine rings is 1. The van der Waals surface area contributed by atoms with Gasteiger partial charge in [-0.1, -0.05) is 40.9 Å². The van der Waals surface area contributed by atoms with Crippen LogP contribution >= 0.6 is 11.6 Å². The maximum atomic E-state index is 5.89. The molecule has 0 saturated heterocycles. The van der Waals surface area contributed by atoms with Crippen LogP contribution in [-0.2, 0) is 21.1 Å². The second-order valence-electron chi connectivity index (χ2n) is 2.25. The van der Waals surface area contributed by atoms with E-state index < -0.39 is 0 Å². The molecule has 1 aromatic carbocycles. The van der Waals surface area contributed by atoms with Crippen molar-refractivity contribution < 1.29 is 21.1 Å². The molecule has 0 unspecified atom stereocenters. The standard InChI is InChI=1S/C9H5ClN.W/c10-8-5-6-11-9-4-2-1-3-7(8)9;/h1-5H;/q-1;. The van der Waals surface area contributed by atoms with Crippen molar-refractivity contribution in [1.29, 1.82) is 0 Å². The van der Waals surface area contributed by atoms with Crippen LogP contribution < -0.4 is 0 Å². The number of aromatic nitrogens is 1. The SMILES string of the molecule is Clc1c[c-]nc2ccccc12.[W]. The van der Waals surface area contributed by atoms with Crippen LogP contribution in [0.3, 0.4) is 0 Å². The molecule has 1 heterocycles. The summed E-state index contributed by atoms with van der Waals surface area (Å²) >= 11 is 5.89. The Morgan fingerprint density at radius 1 is 1.25 bits per heavy atom. The third kappa shape index (κ3) is 1.68. The molecule has 0 atom stereocenters. The summed E-state index contributed by atoms with van der Waals surface area (Å²) in [5.74, 6) is 0. The van der Waals surface area contributed by atoms with Gasteiger partial charge in [-0.2, -0.15) is 11.6 Å². The second kappa shape index (κ2) is 4.02. The average Bonchev–Trinajstić information content (AvgIpc) is 2.06. The van der Waals surface area contributed by atoms with Crippen molar-refractivity contribution in [1.82, 2.24) is 4.98 Å². The molecule has 0 radical (unpaired) electrons. The van der Waals surface area contributed by atoms with E-state index in [4.69, 9.17) is 11.6 Å². The first-order valence-corrected chi connectivity index (χ1v) is 3.67. The first-order valence-electron chi connectivity index (χ1n) is 3.29. The fourth-order valence-corrected chi connectivity index (χ4v) is 1.22. The van der Waals surface area contributed by atoms with Crippen LogP contribution in [0.4, 0.5) is 0 Å². The minimum Gasteiger partial charge on any atom is -0.386 e. The average molecular weight is 346 g/mol. The number of hydrogen-bond acceptors (Lipinski definition) is 1. The van der Waals surface area contributed by atoms with Gasteiger partial charge in [-0.3, -0.25) is 0 Å². The summed E-state index contributed by atoms with van der Waals surface area (Å²) in [7, 11) is 0. The van der Waals surface area contributed by atoms with Crippen molar-refractivity contribution in [3.05, 3.63) is 41.6 Å².